The summed E-state index contributed by atoms with van der Waals surface area (Å²) in [6, 6.07) is 2.56. The Morgan fingerprint density at radius 3 is 0.532 bits per heavy atom. The van der Waals surface area contributed by atoms with Crippen LogP contribution >= 0.6 is 0 Å². The number of hydrogen-bond acceptors (Lipinski definition) is 9. The second-order valence-corrected chi connectivity index (χ2v) is 31.2. The summed E-state index contributed by atoms with van der Waals surface area (Å²) in [7, 11) is 2.80. The summed E-state index contributed by atoms with van der Waals surface area (Å²) in [6.07, 6.45) is 66.9. The van der Waals surface area contributed by atoms with Crippen LogP contribution in [0.2, 0.25) is 18.1 Å². The largest absolute Gasteiger partial charge is 0.504 e. The maximum absolute atomic E-state index is 5.93. The molecule has 0 heterocycles. The minimum absolute atomic E-state index is 0.649. The van der Waals surface area contributed by atoms with Gasteiger partial charge in [-0.1, -0.05) is 316 Å². The van der Waals surface area contributed by atoms with Gasteiger partial charge in [-0.05, 0) is 33.6 Å². The molecule has 12 heteroatoms. The number of hydrogen-bond donors (Lipinski definition) is 0. The maximum atomic E-state index is 5.93. The van der Waals surface area contributed by atoms with Crippen LogP contribution in [0, 0.1) is 0 Å². The Hall–Kier alpha value is 0.0306. The highest BCUT2D eigenvalue weighted by Gasteiger charge is 2.40. The van der Waals surface area contributed by atoms with Crippen LogP contribution in [0.1, 0.15) is 344 Å². The predicted molar refractivity (Wildman–Crippen MR) is 354 cm³/mol. The number of rotatable bonds is 61. The zero-order valence-corrected chi connectivity index (χ0v) is 59.2. The maximum Gasteiger partial charge on any atom is 0.504 e. The molecule has 0 fully saturated rings. The van der Waals surface area contributed by atoms with Gasteiger partial charge in [-0.15, -0.1) is 6.58 Å². The molecule has 0 aromatic rings. The van der Waals surface area contributed by atoms with Gasteiger partial charge >= 0.3 is 26.4 Å². The molecule has 79 heavy (non-hydrogen) atoms. The molecule has 0 aromatic heterocycles. The van der Waals surface area contributed by atoms with Gasteiger partial charge in [-0.2, -0.15) is 0 Å². The fourth-order valence-corrected chi connectivity index (χ4v) is 16.1. The van der Waals surface area contributed by atoms with E-state index in [2.05, 4.69) is 34.3 Å². The molecule has 0 unspecified atom stereocenters. The highest BCUT2D eigenvalue weighted by molar-refractivity contribution is 6.61. The molecule has 0 saturated carbocycles. The molecule has 0 rings (SSSR count). The lowest BCUT2D eigenvalue weighted by Crippen LogP contribution is -2.45. The molecule has 0 atom stereocenters. The van der Waals surface area contributed by atoms with Crippen molar-refractivity contribution in [3.05, 3.63) is 12.7 Å². The molecule has 9 nitrogen and oxygen atoms in total. The topological polar surface area (TPSA) is 83.1 Å². The van der Waals surface area contributed by atoms with Gasteiger partial charge in [0.25, 0.3) is 0 Å². The van der Waals surface area contributed by atoms with E-state index in [9.17, 15) is 0 Å². The van der Waals surface area contributed by atoms with E-state index in [0.717, 1.165) is 18.5 Å². The smallest absolute Gasteiger partial charge is 0.377 e. The Morgan fingerprint density at radius 1 is 0.228 bits per heavy atom. The van der Waals surface area contributed by atoms with E-state index in [1.807, 2.05) is 20.8 Å². The molecule has 0 saturated heterocycles. The van der Waals surface area contributed by atoms with Gasteiger partial charge in [-0.25, -0.2) is 0 Å². The summed E-state index contributed by atoms with van der Waals surface area (Å²) < 4.78 is 49.5. The average Bonchev–Trinajstić information content (AvgIpc) is 3.46. The van der Waals surface area contributed by atoms with Crippen LogP contribution in [0.5, 0.6) is 0 Å². The van der Waals surface area contributed by atoms with Crippen LogP contribution in [0.15, 0.2) is 12.7 Å². The van der Waals surface area contributed by atoms with Gasteiger partial charge in [0, 0.05) is 80.6 Å². The molecule has 0 aliphatic rings. The first kappa shape index (κ1) is 85.5. The average molecular weight is 1180 g/mol. The molecule has 0 bridgehead atoms. The van der Waals surface area contributed by atoms with Crippen molar-refractivity contribution in [2.75, 3.05) is 62.5 Å². The highest BCUT2D eigenvalue weighted by atomic mass is 28.4. The van der Waals surface area contributed by atoms with E-state index < -0.39 is 26.4 Å². The Kier molecular flexibility index (Phi) is 78.2. The normalized spacial score (nSPS) is 11.7. The van der Waals surface area contributed by atoms with Crippen LogP contribution in [0.3, 0.4) is 0 Å². The summed E-state index contributed by atoms with van der Waals surface area (Å²) in [5.74, 6) is 0. The summed E-state index contributed by atoms with van der Waals surface area (Å²) in [6.45, 7) is 20.9. The van der Waals surface area contributed by atoms with Gasteiger partial charge in [0.15, 0.2) is 0 Å². The lowest BCUT2D eigenvalue weighted by Gasteiger charge is -2.28. The van der Waals surface area contributed by atoms with Crippen LogP contribution in [-0.2, 0) is 39.8 Å². The van der Waals surface area contributed by atoms with Crippen LogP contribution in [0.4, 0.5) is 0 Å². The SMILES string of the molecule is C=CC[Si](OC)(OC)OC.CCCCCCCCCCCCCCCC.CCCCCCCCCCCCCCCCCC[Si](OC)(OC)OC.CCCCCCCCCCCCCCCCCC[Si](OCC)(OCC)OCC. The Labute approximate surface area is 500 Å². The van der Waals surface area contributed by atoms with Crippen molar-refractivity contribution in [1.29, 1.82) is 0 Å². The molecule has 0 spiro atoms. The number of allylic oxidation sites excluding steroid dienone is 1. The first-order chi connectivity index (χ1) is 38.6. The number of unbranched alkanes of at least 4 members (excludes halogenated alkanes) is 43. The van der Waals surface area contributed by atoms with Crippen LogP contribution in [-0.4, -0.2) is 88.9 Å². The van der Waals surface area contributed by atoms with Gasteiger partial charge in [0.1, 0.15) is 0 Å². The first-order valence-electron chi connectivity index (χ1n) is 34.5. The van der Waals surface area contributed by atoms with Gasteiger partial charge < -0.3 is 39.8 Å². The van der Waals surface area contributed by atoms with Gasteiger partial charge in [0.05, 0.1) is 0 Å². The van der Waals surface area contributed by atoms with Crippen LogP contribution < -0.4 is 0 Å². The minimum atomic E-state index is -2.40. The van der Waals surface area contributed by atoms with Crippen molar-refractivity contribution in [2.45, 2.75) is 362 Å². The molecule has 0 radical (unpaired) electrons. The van der Waals surface area contributed by atoms with E-state index in [-0.39, 0.29) is 0 Å². The monoisotopic (exact) mass is 1180 g/mol. The third-order valence-electron chi connectivity index (χ3n) is 15.5. The quantitative estimate of drug-likeness (QED) is 0.0336. The highest BCUT2D eigenvalue weighted by Crippen LogP contribution is 2.23. The van der Waals surface area contributed by atoms with Crippen molar-refractivity contribution in [3.63, 3.8) is 0 Å². The Balaban J connectivity index is -0.000000503. The molecule has 0 aliphatic carbocycles. The minimum Gasteiger partial charge on any atom is -0.377 e. The van der Waals surface area contributed by atoms with Crippen molar-refractivity contribution < 1.29 is 39.8 Å². The molecular formula is C67H146O9Si3. The third kappa shape index (κ3) is 62.4. The van der Waals surface area contributed by atoms with Crippen molar-refractivity contribution >= 4 is 26.4 Å². The lowest BCUT2D eigenvalue weighted by atomic mass is 10.0. The van der Waals surface area contributed by atoms with Crippen molar-refractivity contribution in [3.8, 4) is 0 Å². The van der Waals surface area contributed by atoms with E-state index in [4.69, 9.17) is 39.8 Å². The zero-order valence-electron chi connectivity index (χ0n) is 56.2. The zero-order chi connectivity index (χ0) is 59.3. The summed E-state index contributed by atoms with van der Waals surface area (Å²) >= 11 is 0. The molecule has 0 amide bonds. The fraction of sp³-hybridized carbons (Fsp3) is 0.970. The second kappa shape index (κ2) is 72.3. The van der Waals surface area contributed by atoms with E-state index in [1.54, 1.807) is 48.7 Å². The van der Waals surface area contributed by atoms with Crippen molar-refractivity contribution in [2.24, 2.45) is 0 Å². The molecular weight excluding hydrogens is 1030 g/mol. The van der Waals surface area contributed by atoms with Gasteiger partial charge in [0.2, 0.25) is 0 Å². The van der Waals surface area contributed by atoms with E-state index in [1.165, 1.54) is 289 Å². The predicted octanol–water partition coefficient (Wildman–Crippen LogP) is 23.0. The van der Waals surface area contributed by atoms with Crippen LogP contribution in [0.25, 0.3) is 0 Å². The summed E-state index contributed by atoms with van der Waals surface area (Å²) in [4.78, 5) is 0. The van der Waals surface area contributed by atoms with E-state index >= 15 is 0 Å². The van der Waals surface area contributed by atoms with Crippen molar-refractivity contribution in [1.82, 2.24) is 0 Å². The molecule has 0 aromatic carbocycles. The second-order valence-electron chi connectivity index (χ2n) is 22.4. The molecule has 480 valence electrons. The Bertz CT molecular complexity index is 1040. The molecule has 0 N–H and O–H groups in total. The van der Waals surface area contributed by atoms with Gasteiger partial charge in [-0.3, -0.25) is 0 Å². The first-order valence-corrected chi connectivity index (χ1v) is 40.3. The summed E-state index contributed by atoms with van der Waals surface area (Å²) in [5.41, 5.74) is 0. The standard InChI is InChI=1S/C24H52O3Si.C21H46O3Si.C16H34.C6H14O3Si/c1-5-9-10-11-12-13-14-15-16-17-18-19-20-21-22-23-24-28(25-6-2,26-7-3)27-8-4;1-5-6-7-8-9-10-11-12-13-14-15-16-17-18-19-20-21-25(22-2,23-3)24-4;1-3-5-7-9-11-13-15-16-14-12-10-8-6-4-2;1-5-6-10(7-2,8-3)9-4/h5-24H2,1-4H3;5-21H2,1-4H3;3-16H2,1-2H3;5H,1,6H2,2-4H3. The van der Waals surface area contributed by atoms with E-state index in [0.29, 0.717) is 25.9 Å². The lowest BCUT2D eigenvalue weighted by molar-refractivity contribution is 0.0706. The third-order valence-corrected chi connectivity index (χ3v) is 24.1. The Morgan fingerprint density at radius 2 is 0.392 bits per heavy atom. The summed E-state index contributed by atoms with van der Waals surface area (Å²) in [5, 5.41) is 0. The molecule has 0 aliphatic heterocycles. The fourth-order valence-electron chi connectivity index (χ4n) is 10.3.